The van der Waals surface area contributed by atoms with E-state index in [2.05, 4.69) is 0 Å². The van der Waals surface area contributed by atoms with Crippen molar-refractivity contribution in [1.29, 1.82) is 0 Å². The fraction of sp³-hybridized carbons (Fsp3) is 0.235. The van der Waals surface area contributed by atoms with Gasteiger partial charge < -0.3 is 9.64 Å². The quantitative estimate of drug-likeness (QED) is 0.870. The Morgan fingerprint density at radius 1 is 1.09 bits per heavy atom. The van der Waals surface area contributed by atoms with Crippen LogP contribution in [0.25, 0.3) is 0 Å². The Balaban J connectivity index is 1.70. The van der Waals surface area contributed by atoms with Crippen LogP contribution in [0.2, 0.25) is 0 Å². The van der Waals surface area contributed by atoms with Gasteiger partial charge in [0.2, 0.25) is 0 Å². The highest BCUT2D eigenvalue weighted by Crippen LogP contribution is 2.27. The first-order valence-electron chi connectivity index (χ1n) is 7.10. The SMILES string of the molecule is O=C(COc1ccc(F)cc1)N1CCCc2cc(F)ccc21. The van der Waals surface area contributed by atoms with Gasteiger partial charge >= 0.3 is 0 Å². The Morgan fingerprint density at radius 3 is 2.59 bits per heavy atom. The van der Waals surface area contributed by atoms with Gasteiger partial charge in [0, 0.05) is 12.2 Å². The lowest BCUT2D eigenvalue weighted by Gasteiger charge is -2.29. The first-order valence-corrected chi connectivity index (χ1v) is 7.10. The molecule has 0 saturated heterocycles. The van der Waals surface area contributed by atoms with Crippen molar-refractivity contribution in [2.24, 2.45) is 0 Å². The Morgan fingerprint density at radius 2 is 1.82 bits per heavy atom. The van der Waals surface area contributed by atoms with Crippen LogP contribution in [0.5, 0.6) is 5.75 Å². The third-order valence-corrected chi connectivity index (χ3v) is 3.64. The van der Waals surface area contributed by atoms with Gasteiger partial charge in [-0.05, 0) is 60.9 Å². The Kier molecular flexibility index (Phi) is 4.04. The highest BCUT2D eigenvalue weighted by molar-refractivity contribution is 5.95. The molecule has 0 radical (unpaired) electrons. The van der Waals surface area contributed by atoms with Gasteiger partial charge in [-0.2, -0.15) is 0 Å². The fourth-order valence-corrected chi connectivity index (χ4v) is 2.58. The van der Waals surface area contributed by atoms with E-state index < -0.39 is 0 Å². The van der Waals surface area contributed by atoms with Crippen molar-refractivity contribution >= 4 is 11.6 Å². The summed E-state index contributed by atoms with van der Waals surface area (Å²) in [5, 5.41) is 0. The third kappa shape index (κ3) is 3.08. The molecule has 1 amide bonds. The molecule has 1 aliphatic heterocycles. The van der Waals surface area contributed by atoms with Crippen LogP contribution in [0.3, 0.4) is 0 Å². The molecule has 22 heavy (non-hydrogen) atoms. The van der Waals surface area contributed by atoms with E-state index in [9.17, 15) is 13.6 Å². The molecule has 1 aliphatic rings. The van der Waals surface area contributed by atoms with Gasteiger partial charge in [0.25, 0.3) is 5.91 Å². The van der Waals surface area contributed by atoms with E-state index in [0.29, 0.717) is 12.3 Å². The summed E-state index contributed by atoms with van der Waals surface area (Å²) in [4.78, 5) is 13.9. The Hall–Kier alpha value is -2.43. The van der Waals surface area contributed by atoms with Crippen molar-refractivity contribution in [3.8, 4) is 5.75 Å². The minimum atomic E-state index is -0.356. The smallest absolute Gasteiger partial charge is 0.264 e. The van der Waals surface area contributed by atoms with E-state index in [1.807, 2.05) is 0 Å². The highest BCUT2D eigenvalue weighted by atomic mass is 19.1. The van der Waals surface area contributed by atoms with Gasteiger partial charge in [-0.25, -0.2) is 8.78 Å². The van der Waals surface area contributed by atoms with E-state index in [-0.39, 0.29) is 24.1 Å². The fourth-order valence-electron chi connectivity index (χ4n) is 2.58. The number of carbonyl (C=O) groups is 1. The first kappa shape index (κ1) is 14.5. The van der Waals surface area contributed by atoms with Crippen LogP contribution >= 0.6 is 0 Å². The van der Waals surface area contributed by atoms with Crippen LogP contribution in [-0.2, 0) is 11.2 Å². The van der Waals surface area contributed by atoms with Crippen LogP contribution in [0.15, 0.2) is 42.5 Å². The predicted octanol–water partition coefficient (Wildman–Crippen LogP) is 3.32. The molecule has 0 spiro atoms. The average molecular weight is 303 g/mol. The number of carbonyl (C=O) groups excluding carboxylic acids is 1. The molecule has 0 fully saturated rings. The minimum absolute atomic E-state index is 0.136. The molecule has 1 heterocycles. The number of nitrogens with zero attached hydrogens (tertiary/aromatic N) is 1. The molecule has 3 nitrogen and oxygen atoms in total. The van der Waals surface area contributed by atoms with Gasteiger partial charge in [-0.1, -0.05) is 0 Å². The number of amides is 1. The van der Waals surface area contributed by atoms with Crippen molar-refractivity contribution < 1.29 is 18.3 Å². The number of benzene rings is 2. The number of rotatable bonds is 3. The van der Waals surface area contributed by atoms with Crippen molar-refractivity contribution in [2.75, 3.05) is 18.1 Å². The summed E-state index contributed by atoms with van der Waals surface area (Å²) in [5.74, 6) is -0.413. The zero-order chi connectivity index (χ0) is 15.5. The average Bonchev–Trinajstić information content (AvgIpc) is 2.53. The zero-order valence-electron chi connectivity index (χ0n) is 11.9. The maximum atomic E-state index is 13.3. The van der Waals surface area contributed by atoms with Crippen LogP contribution < -0.4 is 9.64 Å². The molecule has 2 aromatic carbocycles. The van der Waals surface area contributed by atoms with Crippen molar-refractivity contribution in [3.63, 3.8) is 0 Å². The van der Waals surface area contributed by atoms with Crippen molar-refractivity contribution in [1.82, 2.24) is 0 Å². The highest BCUT2D eigenvalue weighted by Gasteiger charge is 2.23. The van der Waals surface area contributed by atoms with E-state index in [1.54, 1.807) is 11.0 Å². The molecule has 0 atom stereocenters. The molecule has 114 valence electrons. The minimum Gasteiger partial charge on any atom is -0.484 e. The van der Waals surface area contributed by atoms with E-state index in [0.717, 1.165) is 24.1 Å². The van der Waals surface area contributed by atoms with Gasteiger partial charge in [-0.3, -0.25) is 4.79 Å². The van der Waals surface area contributed by atoms with E-state index >= 15 is 0 Å². The molecule has 0 bridgehead atoms. The molecular formula is C17H15F2NO2. The van der Waals surface area contributed by atoms with Crippen LogP contribution in [0, 0.1) is 11.6 Å². The second-order valence-electron chi connectivity index (χ2n) is 5.16. The topological polar surface area (TPSA) is 29.5 Å². The molecule has 2 aromatic rings. The molecular weight excluding hydrogens is 288 g/mol. The second kappa shape index (κ2) is 6.13. The molecule has 0 saturated carbocycles. The van der Waals surface area contributed by atoms with Crippen LogP contribution in [0.4, 0.5) is 14.5 Å². The molecule has 0 N–H and O–H groups in total. The zero-order valence-corrected chi connectivity index (χ0v) is 11.9. The summed E-state index contributed by atoms with van der Waals surface area (Å²) < 4.78 is 31.5. The first-order chi connectivity index (χ1) is 10.6. The van der Waals surface area contributed by atoms with Crippen molar-refractivity contribution in [2.45, 2.75) is 12.8 Å². The summed E-state index contributed by atoms with van der Waals surface area (Å²) in [5.41, 5.74) is 1.57. The lowest BCUT2D eigenvalue weighted by Crippen LogP contribution is -2.38. The number of halogens is 2. The largest absolute Gasteiger partial charge is 0.484 e. The number of ether oxygens (including phenoxy) is 1. The molecule has 0 aliphatic carbocycles. The Bertz CT molecular complexity index is 686. The van der Waals surface area contributed by atoms with E-state index in [1.165, 1.54) is 36.4 Å². The Labute approximate surface area is 127 Å². The second-order valence-corrected chi connectivity index (χ2v) is 5.16. The van der Waals surface area contributed by atoms with Gasteiger partial charge in [-0.15, -0.1) is 0 Å². The van der Waals surface area contributed by atoms with Gasteiger partial charge in [0.05, 0.1) is 0 Å². The third-order valence-electron chi connectivity index (χ3n) is 3.64. The molecule has 0 unspecified atom stereocenters. The predicted molar refractivity (Wildman–Crippen MR) is 79.0 cm³/mol. The summed E-state index contributed by atoms with van der Waals surface area (Å²) in [7, 11) is 0. The van der Waals surface area contributed by atoms with Crippen molar-refractivity contribution in [3.05, 3.63) is 59.7 Å². The number of aryl methyl sites for hydroxylation is 1. The van der Waals surface area contributed by atoms with Gasteiger partial charge in [0.1, 0.15) is 17.4 Å². The summed E-state index contributed by atoms with van der Waals surface area (Å²) in [6, 6.07) is 9.95. The lowest BCUT2D eigenvalue weighted by molar-refractivity contribution is -0.120. The van der Waals surface area contributed by atoms with Gasteiger partial charge in [0.15, 0.2) is 6.61 Å². The van der Waals surface area contributed by atoms with E-state index in [4.69, 9.17) is 4.74 Å². The number of hydrogen-bond acceptors (Lipinski definition) is 2. The summed E-state index contributed by atoms with van der Waals surface area (Å²) in [6.07, 6.45) is 1.55. The molecule has 3 rings (SSSR count). The maximum Gasteiger partial charge on any atom is 0.264 e. The number of fused-ring (bicyclic) bond motifs is 1. The summed E-state index contributed by atoms with van der Waals surface area (Å²) in [6.45, 7) is 0.451. The molecule has 0 aromatic heterocycles. The standard InChI is InChI=1S/C17H15F2NO2/c18-13-3-6-15(7-4-13)22-11-17(21)20-9-1-2-12-10-14(19)5-8-16(12)20/h3-8,10H,1-2,9,11H2. The number of hydrogen-bond donors (Lipinski definition) is 0. The monoisotopic (exact) mass is 303 g/mol. The van der Waals surface area contributed by atoms with Crippen LogP contribution in [0.1, 0.15) is 12.0 Å². The number of anilines is 1. The lowest BCUT2D eigenvalue weighted by atomic mass is 10.0. The van der Waals surface area contributed by atoms with Crippen LogP contribution in [-0.4, -0.2) is 19.1 Å². The normalized spacial score (nSPS) is 13.6. The molecule has 5 heteroatoms. The summed E-state index contributed by atoms with van der Waals surface area (Å²) >= 11 is 0. The maximum absolute atomic E-state index is 13.3.